The van der Waals surface area contributed by atoms with Crippen LogP contribution in [0.1, 0.15) is 167 Å². The molecule has 0 atom stereocenters. The number of hydrogen-bond donors (Lipinski definition) is 0. The van der Waals surface area contributed by atoms with Crippen LogP contribution < -0.4 is 35.7 Å². The van der Waals surface area contributed by atoms with Crippen molar-refractivity contribution in [1.29, 1.82) is 0 Å². The molecule has 0 aliphatic carbocycles. The minimum absolute atomic E-state index is 0. The normalized spacial score (nSPS) is 13.5. The first-order chi connectivity index (χ1) is 44.0. The molecule has 0 saturated carbocycles. The molecule has 0 bridgehead atoms. The van der Waals surface area contributed by atoms with Crippen LogP contribution in [0.2, 0.25) is 0 Å². The molecule has 0 N–H and O–H groups in total. The number of nitrogens with zero attached hydrogens (tertiary/aromatic N) is 5. The number of benzene rings is 9. The molecule has 9 aromatic carbocycles. The van der Waals surface area contributed by atoms with E-state index in [4.69, 9.17) is 14.5 Å². The van der Waals surface area contributed by atoms with E-state index in [2.05, 4.69) is 264 Å². The van der Waals surface area contributed by atoms with Crippen molar-refractivity contribution < 1.29 is 34.0 Å². The summed E-state index contributed by atoms with van der Waals surface area (Å²) in [5.41, 5.74) is 27.7. The minimum Gasteiger partial charge on any atom is -0.453 e. The second kappa shape index (κ2) is 23.1. The van der Waals surface area contributed by atoms with E-state index < -0.39 is 0 Å². The maximum absolute atomic E-state index is 12.7. The van der Waals surface area contributed by atoms with Crippen LogP contribution in [-0.2, 0) is 41.8 Å². The van der Waals surface area contributed by atoms with Crippen LogP contribution in [0, 0.1) is 31.8 Å². The molecule has 11 aromatic rings. The number of pyridine rings is 1. The van der Waals surface area contributed by atoms with Gasteiger partial charge >= 0.3 is 0 Å². The summed E-state index contributed by atoms with van der Waals surface area (Å²) < 4.78 is 29.7. The number of aromatic nitrogens is 3. The van der Waals surface area contributed by atoms with Gasteiger partial charge in [-0.1, -0.05) is 171 Å². The average molecular weight is 1420 g/mol. The van der Waals surface area contributed by atoms with Gasteiger partial charge in [0.25, 0.3) is 6.71 Å². The Morgan fingerprint density at radius 1 is 0.489 bits per heavy atom. The summed E-state index contributed by atoms with van der Waals surface area (Å²) >= 11 is 0. The zero-order chi connectivity index (χ0) is 65.7. The summed E-state index contributed by atoms with van der Waals surface area (Å²) in [5, 5.41) is 0. The van der Waals surface area contributed by atoms with E-state index in [-0.39, 0.29) is 66.1 Å². The van der Waals surface area contributed by atoms with Gasteiger partial charge in [-0.2, -0.15) is 0 Å². The topological polar surface area (TPSA) is 55.7 Å². The van der Waals surface area contributed by atoms with Crippen LogP contribution in [0.5, 0.6) is 23.0 Å². The van der Waals surface area contributed by atoms with E-state index in [9.17, 15) is 4.39 Å². The summed E-state index contributed by atoms with van der Waals surface area (Å²) in [4.78, 5) is 14.9. The van der Waals surface area contributed by atoms with Crippen molar-refractivity contribution in [2.45, 2.75) is 158 Å². The van der Waals surface area contributed by atoms with Gasteiger partial charge in [0.1, 0.15) is 0 Å². The van der Waals surface area contributed by atoms with Crippen molar-refractivity contribution in [2.75, 3.05) is 9.80 Å². The number of halogens is 1. The fraction of sp³-hybridized carbons (Fsp3) is 0.286. The van der Waals surface area contributed by atoms with Crippen LogP contribution in [0.4, 0.5) is 38.5 Å². The van der Waals surface area contributed by atoms with Gasteiger partial charge in [0.05, 0.1) is 39.6 Å². The Morgan fingerprint density at radius 2 is 1.03 bits per heavy atom. The van der Waals surface area contributed by atoms with Gasteiger partial charge in [-0.05, 0) is 180 Å². The molecule has 0 unspecified atom stereocenters. The minimum atomic E-state index is -0.275. The van der Waals surface area contributed by atoms with E-state index in [1.54, 1.807) is 6.07 Å². The molecule has 7 nitrogen and oxygen atoms in total. The van der Waals surface area contributed by atoms with E-state index >= 15 is 0 Å². The third-order valence-corrected chi connectivity index (χ3v) is 19.4. The summed E-state index contributed by atoms with van der Waals surface area (Å²) in [6.07, 6.45) is 1.82. The Labute approximate surface area is 569 Å². The average Bonchev–Trinajstić information content (AvgIpc) is 0.768. The van der Waals surface area contributed by atoms with E-state index in [0.29, 0.717) is 0 Å². The van der Waals surface area contributed by atoms with E-state index in [0.717, 1.165) is 107 Å². The smallest absolute Gasteiger partial charge is 0.252 e. The first kappa shape index (κ1) is 64.2. The van der Waals surface area contributed by atoms with Gasteiger partial charge < -0.3 is 28.8 Å². The Kier molecular flexibility index (Phi) is 15.8. The predicted molar refractivity (Wildman–Crippen MR) is 386 cm³/mol. The van der Waals surface area contributed by atoms with Gasteiger partial charge in [0.2, 0.25) is 0 Å². The molecule has 2 aromatic heterocycles. The summed E-state index contributed by atoms with van der Waals surface area (Å²) in [5.74, 6) is 4.66. The number of ether oxygens (including phenoxy) is 2. The molecule has 4 aliphatic rings. The number of fused-ring (bicyclic) bond motifs is 9. The van der Waals surface area contributed by atoms with Crippen molar-refractivity contribution in [3.8, 4) is 62.5 Å². The number of anilines is 6. The third-order valence-electron chi connectivity index (χ3n) is 19.4. The number of aryl methyl sites for hydroxylation is 2. The van der Waals surface area contributed by atoms with Crippen molar-refractivity contribution in [3.05, 3.63) is 226 Å². The molecule has 6 heterocycles. The molecule has 94 heavy (non-hydrogen) atoms. The maximum Gasteiger partial charge on any atom is 0.252 e. The van der Waals surface area contributed by atoms with Crippen LogP contribution in [-0.4, -0.2) is 21.2 Å². The maximum atomic E-state index is 12.7. The van der Waals surface area contributed by atoms with Crippen LogP contribution in [0.15, 0.2) is 164 Å². The molecule has 10 heteroatoms. The standard InChI is InChI=1S/C71H72BN4O2.C13H11FN.Ir/c1-40(2)49-23-20-24-50(41(3)4)64(49)76-56-31-43(25-28-53(56)73-67(76)42-21-18-17-19-22-42)44-32-57-63-58(33-44)75-55-30-27-46(69(8,9)10)37-60(55)78-62-39-48(71(14,15)16)35-52(66(62)75)72(63)51-34-47(70(11,12)13)38-61-65(51)74(57)54-29-26-45(68(5,6)7)36-59(54)77-61;1-9-7-13(15-8-10(9)2)11-3-5-12(14)6-4-11;/h17-21,23-41H,1-16H3;3,5-8H,1-2H3;/q2*-1;. The molecule has 0 fully saturated rings. The molecule has 0 saturated heterocycles. The van der Waals surface area contributed by atoms with Crippen LogP contribution in [0.3, 0.4) is 0 Å². The molecular formula is C84H83BFIrN5O2-2. The number of imidazole rings is 1. The van der Waals surface area contributed by atoms with E-state index in [1.807, 2.05) is 38.2 Å². The molecule has 0 amide bonds. The molecule has 4 aliphatic heterocycles. The first-order valence-electron chi connectivity index (χ1n) is 33.1. The van der Waals surface area contributed by atoms with Gasteiger partial charge in [0, 0.05) is 49.2 Å². The zero-order valence-electron chi connectivity index (χ0n) is 57.6. The molecule has 0 spiro atoms. The fourth-order valence-corrected chi connectivity index (χ4v) is 13.9. The number of para-hydroxylation sites is 1. The Morgan fingerprint density at radius 3 is 1.51 bits per heavy atom. The number of hydrogen-bond acceptors (Lipinski definition) is 6. The molecule has 1 radical (unpaired) electrons. The van der Waals surface area contributed by atoms with Gasteiger partial charge in [-0.25, -0.2) is 0 Å². The Hall–Kier alpha value is -8.56. The largest absolute Gasteiger partial charge is 0.453 e. The van der Waals surface area contributed by atoms with Gasteiger partial charge in [0.15, 0.2) is 23.0 Å². The SMILES string of the molecule is CC(C)c1cccc(C(C)C)c1-n1c(-c2[c-]cccc2)nc2ccc(-c3cc4c5c(c3)N3c6ccc(C(C)(C)C)cc6Oc6cc(C(C)(C)C)cc(c63)B5c3cc(C(C)(C)C)cc5c3N4c3ccc(C(C)(C)C)cc3O5)cc21.Cc1cnc(-c2[c-]cc(F)cc2)cc1C.[Ir]. The second-order valence-corrected chi connectivity index (χ2v) is 30.8. The van der Waals surface area contributed by atoms with Crippen LogP contribution >= 0.6 is 0 Å². The van der Waals surface area contributed by atoms with Gasteiger partial charge in [-0.3, -0.25) is 9.37 Å². The van der Waals surface area contributed by atoms with Crippen molar-refractivity contribution in [3.63, 3.8) is 0 Å². The molecular weight excluding hydrogens is 1330 g/mol. The first-order valence-corrected chi connectivity index (χ1v) is 33.1. The molecule has 477 valence electrons. The van der Waals surface area contributed by atoms with Crippen molar-refractivity contribution >= 4 is 68.3 Å². The van der Waals surface area contributed by atoms with Crippen molar-refractivity contribution in [2.24, 2.45) is 0 Å². The quantitative estimate of drug-likeness (QED) is 0.122. The Balaban J connectivity index is 0.000000441. The second-order valence-electron chi connectivity index (χ2n) is 30.8. The Bertz CT molecular complexity index is 4660. The summed E-state index contributed by atoms with van der Waals surface area (Å²) in [6, 6.07) is 63.2. The van der Waals surface area contributed by atoms with Gasteiger partial charge in [-0.15, -0.1) is 65.7 Å². The predicted octanol–water partition coefficient (Wildman–Crippen LogP) is 21.2. The summed E-state index contributed by atoms with van der Waals surface area (Å²) in [6.45, 7) is 40.7. The fourth-order valence-electron chi connectivity index (χ4n) is 13.9. The van der Waals surface area contributed by atoms with E-state index in [1.165, 1.54) is 73.2 Å². The zero-order valence-corrected chi connectivity index (χ0v) is 60.0. The number of rotatable bonds is 6. The molecule has 15 rings (SSSR count). The summed E-state index contributed by atoms with van der Waals surface area (Å²) in [7, 11) is 0. The monoisotopic (exact) mass is 1420 g/mol. The third kappa shape index (κ3) is 11.0. The van der Waals surface area contributed by atoms with Crippen LogP contribution in [0.25, 0.3) is 50.5 Å². The van der Waals surface area contributed by atoms with Crippen molar-refractivity contribution in [1.82, 2.24) is 14.5 Å².